The molecule has 1 heterocycles. The van der Waals surface area contributed by atoms with Gasteiger partial charge in [0.05, 0.1) is 9.82 Å². The summed E-state index contributed by atoms with van der Waals surface area (Å²) < 4.78 is 60.6. The first-order valence-electron chi connectivity index (χ1n) is 6.89. The van der Waals surface area contributed by atoms with Crippen LogP contribution in [0.2, 0.25) is 0 Å². The molecule has 23 heavy (non-hydrogen) atoms. The van der Waals surface area contributed by atoms with Crippen LogP contribution in [0.3, 0.4) is 0 Å². The number of piperidine rings is 1. The Balaban J connectivity index is 2.50. The lowest BCUT2D eigenvalue weighted by Crippen LogP contribution is -2.34. The number of nitrogens with zero attached hydrogens (tertiary/aromatic N) is 2. The minimum absolute atomic E-state index is 0.141. The van der Waals surface area contributed by atoms with Gasteiger partial charge in [0.2, 0.25) is 0 Å². The zero-order chi connectivity index (χ0) is 17.4. The van der Waals surface area contributed by atoms with E-state index < -0.39 is 30.9 Å². The third-order valence-corrected chi connectivity index (χ3v) is 5.24. The normalized spacial score (nSPS) is 19.7. The monoisotopic (exact) mass is 352 g/mol. The van der Waals surface area contributed by atoms with Gasteiger partial charge in [0.1, 0.15) is 5.69 Å². The summed E-state index contributed by atoms with van der Waals surface area (Å²) in [6.45, 7) is 3.04. The number of rotatable bonds is 3. The number of benzene rings is 1. The van der Waals surface area contributed by atoms with Crippen LogP contribution in [-0.2, 0) is 9.84 Å². The van der Waals surface area contributed by atoms with E-state index in [2.05, 4.69) is 0 Å². The van der Waals surface area contributed by atoms with E-state index in [1.165, 1.54) is 0 Å². The van der Waals surface area contributed by atoms with Crippen LogP contribution >= 0.6 is 0 Å². The molecule has 1 fully saturated rings. The SMILES string of the molecule is C[C@H]1CCCN(c2ccc(S(=O)(=O)C(F)(F)F)cc2[N+](=O)[O-])C1. The topological polar surface area (TPSA) is 80.5 Å². The third kappa shape index (κ3) is 3.41. The summed E-state index contributed by atoms with van der Waals surface area (Å²) in [6.07, 6.45) is 1.77. The predicted octanol–water partition coefficient (Wildman–Crippen LogP) is 3.12. The zero-order valence-electron chi connectivity index (χ0n) is 12.2. The molecule has 0 N–H and O–H groups in total. The van der Waals surface area contributed by atoms with E-state index in [0.717, 1.165) is 25.0 Å². The molecule has 1 aromatic rings. The van der Waals surface area contributed by atoms with Gasteiger partial charge in [-0.1, -0.05) is 6.92 Å². The van der Waals surface area contributed by atoms with Gasteiger partial charge in [-0.15, -0.1) is 0 Å². The van der Waals surface area contributed by atoms with Gasteiger partial charge in [0.15, 0.2) is 0 Å². The van der Waals surface area contributed by atoms with Gasteiger partial charge in [0, 0.05) is 19.2 Å². The molecule has 1 aliphatic rings. The maximum Gasteiger partial charge on any atom is 0.501 e. The standard InChI is InChI=1S/C13H15F3N2O4S/c1-9-3-2-6-17(8-9)11-5-4-10(7-12(11)18(19)20)23(21,22)13(14,15)16/h4-5,7,9H,2-3,6,8H2,1H3/t9-/m0/s1. The molecular weight excluding hydrogens is 337 g/mol. The highest BCUT2D eigenvalue weighted by Gasteiger charge is 2.47. The molecule has 0 unspecified atom stereocenters. The largest absolute Gasteiger partial charge is 0.501 e. The highest BCUT2D eigenvalue weighted by atomic mass is 32.2. The van der Waals surface area contributed by atoms with E-state index in [4.69, 9.17) is 0 Å². The van der Waals surface area contributed by atoms with E-state index >= 15 is 0 Å². The van der Waals surface area contributed by atoms with Crippen LogP contribution in [-0.4, -0.2) is 31.9 Å². The Bertz CT molecular complexity index is 718. The maximum atomic E-state index is 12.6. The predicted molar refractivity (Wildman–Crippen MR) is 76.9 cm³/mol. The number of nitro groups is 1. The van der Waals surface area contributed by atoms with Gasteiger partial charge in [0.25, 0.3) is 15.5 Å². The molecule has 128 valence electrons. The minimum atomic E-state index is -5.61. The number of halogens is 3. The number of sulfone groups is 1. The maximum absolute atomic E-state index is 12.6. The Morgan fingerprint density at radius 3 is 2.52 bits per heavy atom. The molecule has 0 aliphatic carbocycles. The molecule has 0 aromatic heterocycles. The lowest BCUT2D eigenvalue weighted by molar-refractivity contribution is -0.384. The molecule has 0 spiro atoms. The fourth-order valence-corrected chi connectivity index (χ4v) is 3.41. The molecule has 1 saturated heterocycles. The van der Waals surface area contributed by atoms with Crippen molar-refractivity contribution in [3.63, 3.8) is 0 Å². The Labute approximate surface area is 131 Å². The highest BCUT2D eigenvalue weighted by Crippen LogP contribution is 2.37. The van der Waals surface area contributed by atoms with Crippen molar-refractivity contribution >= 4 is 21.2 Å². The van der Waals surface area contributed by atoms with Gasteiger partial charge in [-0.2, -0.15) is 13.2 Å². The van der Waals surface area contributed by atoms with Crippen molar-refractivity contribution in [3.05, 3.63) is 28.3 Å². The number of nitro benzene ring substituents is 1. The summed E-state index contributed by atoms with van der Waals surface area (Å²) in [5, 5.41) is 11.2. The van der Waals surface area contributed by atoms with Gasteiger partial charge in [-0.05, 0) is 30.9 Å². The fraction of sp³-hybridized carbons (Fsp3) is 0.538. The average Bonchev–Trinajstić information content (AvgIpc) is 2.45. The quantitative estimate of drug-likeness (QED) is 0.617. The third-order valence-electron chi connectivity index (χ3n) is 3.76. The summed E-state index contributed by atoms with van der Waals surface area (Å²) in [5.74, 6) is 0.293. The van der Waals surface area contributed by atoms with E-state index in [-0.39, 0.29) is 5.69 Å². The second kappa shape index (κ2) is 5.99. The summed E-state index contributed by atoms with van der Waals surface area (Å²) in [6, 6.07) is 2.33. The second-order valence-electron chi connectivity index (χ2n) is 5.55. The van der Waals surface area contributed by atoms with Crippen LogP contribution in [0.25, 0.3) is 0 Å². The minimum Gasteiger partial charge on any atom is -0.366 e. The average molecular weight is 352 g/mol. The molecule has 0 bridgehead atoms. The molecule has 0 amide bonds. The van der Waals surface area contributed by atoms with E-state index in [9.17, 15) is 31.7 Å². The number of hydrogen-bond acceptors (Lipinski definition) is 5. The summed E-state index contributed by atoms with van der Waals surface area (Å²) >= 11 is 0. The van der Waals surface area contributed by atoms with E-state index in [1.54, 1.807) is 4.90 Å². The van der Waals surface area contributed by atoms with Crippen molar-refractivity contribution < 1.29 is 26.5 Å². The van der Waals surface area contributed by atoms with Crippen LogP contribution in [0.1, 0.15) is 19.8 Å². The van der Waals surface area contributed by atoms with Crippen molar-refractivity contribution in [3.8, 4) is 0 Å². The molecule has 1 atom stereocenters. The van der Waals surface area contributed by atoms with Crippen LogP contribution < -0.4 is 4.90 Å². The van der Waals surface area contributed by atoms with Gasteiger partial charge < -0.3 is 4.90 Å². The first kappa shape index (κ1) is 17.5. The van der Waals surface area contributed by atoms with Crippen molar-refractivity contribution in [2.45, 2.75) is 30.2 Å². The van der Waals surface area contributed by atoms with Gasteiger partial charge in [-0.25, -0.2) is 8.42 Å². The summed E-state index contributed by atoms with van der Waals surface area (Å²) in [4.78, 5) is 10.9. The van der Waals surface area contributed by atoms with Crippen LogP contribution in [0.5, 0.6) is 0 Å². The molecule has 2 rings (SSSR count). The van der Waals surface area contributed by atoms with Crippen LogP contribution in [0.4, 0.5) is 24.5 Å². The lowest BCUT2D eigenvalue weighted by Gasteiger charge is -2.32. The van der Waals surface area contributed by atoms with Crippen molar-refractivity contribution in [1.29, 1.82) is 0 Å². The Kier molecular flexibility index (Phi) is 4.56. The number of anilines is 1. The molecular formula is C13H15F3N2O4S. The van der Waals surface area contributed by atoms with Gasteiger partial charge in [-0.3, -0.25) is 10.1 Å². The first-order chi connectivity index (χ1) is 10.5. The smallest absolute Gasteiger partial charge is 0.366 e. The summed E-state index contributed by atoms with van der Waals surface area (Å²) in [5.41, 5.74) is -5.99. The number of alkyl halides is 3. The molecule has 10 heteroatoms. The highest BCUT2D eigenvalue weighted by molar-refractivity contribution is 7.92. The Morgan fingerprint density at radius 2 is 2.00 bits per heavy atom. The zero-order valence-corrected chi connectivity index (χ0v) is 13.0. The van der Waals surface area contributed by atoms with E-state index in [1.807, 2.05) is 6.92 Å². The molecule has 0 radical (unpaired) electrons. The van der Waals surface area contributed by atoms with Crippen molar-refractivity contribution in [1.82, 2.24) is 0 Å². The molecule has 1 aliphatic heterocycles. The number of hydrogen-bond donors (Lipinski definition) is 0. The van der Waals surface area contributed by atoms with E-state index in [0.29, 0.717) is 25.1 Å². The van der Waals surface area contributed by atoms with Crippen molar-refractivity contribution in [2.24, 2.45) is 5.92 Å². The summed E-state index contributed by atoms with van der Waals surface area (Å²) in [7, 11) is -5.61. The Hall–Kier alpha value is -1.84. The molecule has 0 saturated carbocycles. The molecule has 1 aromatic carbocycles. The fourth-order valence-electron chi connectivity index (χ4n) is 2.63. The van der Waals surface area contributed by atoms with Crippen molar-refractivity contribution in [2.75, 3.05) is 18.0 Å². The first-order valence-corrected chi connectivity index (χ1v) is 8.37. The lowest BCUT2D eigenvalue weighted by atomic mass is 9.99. The second-order valence-corrected chi connectivity index (χ2v) is 7.49. The Morgan fingerprint density at radius 1 is 1.35 bits per heavy atom. The van der Waals surface area contributed by atoms with Crippen LogP contribution in [0.15, 0.2) is 23.1 Å². The van der Waals surface area contributed by atoms with Crippen LogP contribution in [0, 0.1) is 16.0 Å². The van der Waals surface area contributed by atoms with Gasteiger partial charge >= 0.3 is 5.51 Å². The molecule has 6 nitrogen and oxygen atoms in total.